The van der Waals surface area contributed by atoms with Gasteiger partial charge in [0.2, 0.25) is 11.8 Å². The molecule has 1 aromatic carbocycles. The molecule has 6 nitrogen and oxygen atoms in total. The van der Waals surface area contributed by atoms with E-state index in [9.17, 15) is 9.59 Å². The molecule has 0 aliphatic carbocycles. The van der Waals surface area contributed by atoms with E-state index in [1.165, 1.54) is 0 Å². The molecule has 2 bridgehead atoms. The summed E-state index contributed by atoms with van der Waals surface area (Å²) >= 11 is 18.5. The molecule has 1 aromatic heterocycles. The van der Waals surface area contributed by atoms with Crippen LogP contribution in [0.2, 0.25) is 15.1 Å². The van der Waals surface area contributed by atoms with Crippen LogP contribution in [-0.2, 0) is 20.9 Å². The topological polar surface area (TPSA) is 64.4 Å². The van der Waals surface area contributed by atoms with Crippen LogP contribution in [0.3, 0.4) is 0 Å². The van der Waals surface area contributed by atoms with Gasteiger partial charge in [-0.3, -0.25) is 14.3 Å². The first-order valence-electron chi connectivity index (χ1n) is 8.64. The van der Waals surface area contributed by atoms with Crippen LogP contribution in [0.4, 0.5) is 5.82 Å². The molecule has 140 valence electrons. The number of benzene rings is 1. The molecule has 3 aliphatic heterocycles. The Labute approximate surface area is 169 Å². The van der Waals surface area contributed by atoms with E-state index in [2.05, 4.69) is 5.10 Å². The van der Waals surface area contributed by atoms with Crippen LogP contribution in [0.25, 0.3) is 0 Å². The summed E-state index contributed by atoms with van der Waals surface area (Å²) in [7, 11) is 0. The maximum absolute atomic E-state index is 12.9. The largest absolute Gasteiger partial charge is 0.373 e. The summed E-state index contributed by atoms with van der Waals surface area (Å²) in [6, 6.07) is 5.18. The Bertz CT molecular complexity index is 948. The molecule has 2 aromatic rings. The van der Waals surface area contributed by atoms with Crippen LogP contribution >= 0.6 is 34.8 Å². The number of halogens is 3. The predicted molar refractivity (Wildman–Crippen MR) is 100 cm³/mol. The van der Waals surface area contributed by atoms with E-state index in [4.69, 9.17) is 39.5 Å². The molecule has 5 rings (SSSR count). The number of fused-ring (bicyclic) bond motifs is 5. The normalized spacial score (nSPS) is 29.1. The Morgan fingerprint density at radius 3 is 2.33 bits per heavy atom. The lowest BCUT2D eigenvalue weighted by Crippen LogP contribution is -2.34. The Morgan fingerprint density at radius 1 is 1.04 bits per heavy atom. The van der Waals surface area contributed by atoms with Crippen molar-refractivity contribution in [1.82, 2.24) is 9.78 Å². The van der Waals surface area contributed by atoms with E-state index in [1.807, 2.05) is 0 Å². The molecule has 2 amide bonds. The second-order valence-electron chi connectivity index (χ2n) is 7.09. The molecule has 3 aliphatic rings. The van der Waals surface area contributed by atoms with E-state index in [-0.39, 0.29) is 34.9 Å². The van der Waals surface area contributed by atoms with Gasteiger partial charge in [0.15, 0.2) is 5.82 Å². The molecule has 0 N–H and O–H groups in total. The minimum atomic E-state index is -0.414. The summed E-state index contributed by atoms with van der Waals surface area (Å²) in [5.41, 5.74) is 0.800. The SMILES string of the molecule is O=C1[C@H]2[C@H](C(=O)N1c1nn(Cc3ccc(Cl)cc3Cl)cc1Cl)[C@H]1CC[C@H]2O1. The van der Waals surface area contributed by atoms with Gasteiger partial charge in [0.05, 0.1) is 30.6 Å². The lowest BCUT2D eigenvalue weighted by Gasteiger charge is -2.15. The number of carbonyl (C=O) groups is 2. The average molecular weight is 427 g/mol. The molecule has 4 heterocycles. The van der Waals surface area contributed by atoms with Crippen LogP contribution in [0, 0.1) is 11.8 Å². The minimum absolute atomic E-state index is 0.171. The van der Waals surface area contributed by atoms with E-state index in [1.54, 1.807) is 29.1 Å². The lowest BCUT2D eigenvalue weighted by molar-refractivity contribution is -0.124. The highest BCUT2D eigenvalue weighted by atomic mass is 35.5. The second kappa shape index (κ2) is 6.21. The third kappa shape index (κ3) is 2.62. The van der Waals surface area contributed by atoms with Crippen LogP contribution in [0.15, 0.2) is 24.4 Å². The number of hydrogen-bond acceptors (Lipinski definition) is 4. The van der Waals surface area contributed by atoms with E-state index >= 15 is 0 Å². The van der Waals surface area contributed by atoms with Crippen molar-refractivity contribution in [3.8, 4) is 0 Å². The van der Waals surface area contributed by atoms with Gasteiger partial charge in [-0.15, -0.1) is 0 Å². The number of hydrogen-bond donors (Lipinski definition) is 0. The lowest BCUT2D eigenvalue weighted by atomic mass is 9.81. The molecule has 27 heavy (non-hydrogen) atoms. The zero-order chi connectivity index (χ0) is 18.9. The molecule has 0 radical (unpaired) electrons. The molecule has 0 unspecified atom stereocenters. The number of nitrogens with zero attached hydrogens (tertiary/aromatic N) is 3. The van der Waals surface area contributed by atoms with E-state index in [0.717, 1.165) is 23.3 Å². The van der Waals surface area contributed by atoms with E-state index in [0.29, 0.717) is 16.6 Å². The number of amides is 2. The van der Waals surface area contributed by atoms with Gasteiger partial charge >= 0.3 is 0 Å². The fourth-order valence-corrected chi connectivity index (χ4v) is 5.07. The first kappa shape index (κ1) is 17.5. The smallest absolute Gasteiger partial charge is 0.241 e. The molecule has 0 spiro atoms. The van der Waals surface area contributed by atoms with Crippen molar-refractivity contribution >= 4 is 52.4 Å². The summed E-state index contributed by atoms with van der Waals surface area (Å²) in [5, 5.41) is 5.68. The van der Waals surface area contributed by atoms with Crippen LogP contribution in [0.1, 0.15) is 18.4 Å². The van der Waals surface area contributed by atoms with Crippen molar-refractivity contribution in [3.63, 3.8) is 0 Å². The number of ether oxygens (including phenoxy) is 1. The van der Waals surface area contributed by atoms with Crippen molar-refractivity contribution < 1.29 is 14.3 Å². The number of anilines is 1. The second-order valence-corrected chi connectivity index (χ2v) is 8.34. The highest BCUT2D eigenvalue weighted by Crippen LogP contribution is 2.49. The number of carbonyl (C=O) groups excluding carboxylic acids is 2. The number of aromatic nitrogens is 2. The molecule has 9 heteroatoms. The number of imide groups is 1. The van der Waals surface area contributed by atoms with Gasteiger partial charge in [-0.05, 0) is 30.5 Å². The van der Waals surface area contributed by atoms with Gasteiger partial charge in [0.25, 0.3) is 0 Å². The fraction of sp³-hybridized carbons (Fsp3) is 0.389. The Kier molecular flexibility index (Phi) is 4.02. The van der Waals surface area contributed by atoms with Gasteiger partial charge in [-0.2, -0.15) is 5.10 Å². The average Bonchev–Trinajstić information content (AvgIpc) is 3.36. The fourth-order valence-electron chi connectivity index (χ4n) is 4.36. The molecular formula is C18H14Cl3N3O3. The summed E-state index contributed by atoms with van der Waals surface area (Å²) in [6.45, 7) is 0.340. The maximum Gasteiger partial charge on any atom is 0.241 e. The molecule has 4 atom stereocenters. The quantitative estimate of drug-likeness (QED) is 0.704. The van der Waals surface area contributed by atoms with Gasteiger partial charge in [-0.1, -0.05) is 40.9 Å². The van der Waals surface area contributed by atoms with Gasteiger partial charge in [0, 0.05) is 16.2 Å². The predicted octanol–water partition coefficient (Wildman–Crippen LogP) is 3.56. The van der Waals surface area contributed by atoms with Crippen LogP contribution in [0.5, 0.6) is 0 Å². The molecule has 3 saturated heterocycles. The molecule has 0 saturated carbocycles. The highest BCUT2D eigenvalue weighted by molar-refractivity contribution is 6.36. The monoisotopic (exact) mass is 425 g/mol. The van der Waals surface area contributed by atoms with Gasteiger partial charge in [0.1, 0.15) is 5.02 Å². The van der Waals surface area contributed by atoms with Crippen molar-refractivity contribution in [3.05, 3.63) is 45.0 Å². The summed E-state index contributed by atoms with van der Waals surface area (Å²) in [5.74, 6) is -1.19. The van der Waals surface area contributed by atoms with Crippen molar-refractivity contribution in [2.75, 3.05) is 4.90 Å². The van der Waals surface area contributed by atoms with Crippen molar-refractivity contribution in [2.24, 2.45) is 11.8 Å². The summed E-state index contributed by atoms with van der Waals surface area (Å²) in [6.07, 6.45) is 2.87. The van der Waals surface area contributed by atoms with Crippen molar-refractivity contribution in [1.29, 1.82) is 0 Å². The minimum Gasteiger partial charge on any atom is -0.373 e. The van der Waals surface area contributed by atoms with Crippen LogP contribution < -0.4 is 4.90 Å². The highest BCUT2D eigenvalue weighted by Gasteiger charge is 2.63. The third-order valence-electron chi connectivity index (χ3n) is 5.54. The first-order chi connectivity index (χ1) is 12.9. The Balaban J connectivity index is 1.45. The Hall–Kier alpha value is -1.60. The maximum atomic E-state index is 12.9. The zero-order valence-corrected chi connectivity index (χ0v) is 16.2. The Morgan fingerprint density at radius 2 is 1.70 bits per heavy atom. The van der Waals surface area contributed by atoms with Gasteiger partial charge < -0.3 is 4.74 Å². The first-order valence-corrected chi connectivity index (χ1v) is 9.77. The molecule has 3 fully saturated rings. The zero-order valence-electron chi connectivity index (χ0n) is 13.9. The van der Waals surface area contributed by atoms with Gasteiger partial charge in [-0.25, -0.2) is 4.90 Å². The third-order valence-corrected chi connectivity index (χ3v) is 6.40. The van der Waals surface area contributed by atoms with Crippen LogP contribution in [-0.4, -0.2) is 33.8 Å². The van der Waals surface area contributed by atoms with Crippen molar-refractivity contribution in [2.45, 2.75) is 31.6 Å². The van der Waals surface area contributed by atoms with E-state index < -0.39 is 11.8 Å². The number of rotatable bonds is 3. The standard InChI is InChI=1S/C18H14Cl3N3O3/c19-9-2-1-8(10(20)5-9)6-23-7-11(21)16(22-23)24-17(25)14-12-3-4-13(27-12)15(14)18(24)26/h1-2,5,7,12-15H,3-4,6H2/t12-,13-,14-,15-/m1/s1. The molecular weight excluding hydrogens is 413 g/mol. The summed E-state index contributed by atoms with van der Waals surface area (Å²) < 4.78 is 7.31. The summed E-state index contributed by atoms with van der Waals surface area (Å²) in [4.78, 5) is 26.9.